The molecule has 1 fully saturated rings. The highest BCUT2D eigenvalue weighted by Gasteiger charge is 2.29. The fourth-order valence-corrected chi connectivity index (χ4v) is 3.01. The van der Waals surface area contributed by atoms with Crippen LogP contribution in [0.25, 0.3) is 0 Å². The Morgan fingerprint density at radius 2 is 2.35 bits per heavy atom. The van der Waals surface area contributed by atoms with E-state index in [1.54, 1.807) is 0 Å². The third-order valence-electron chi connectivity index (χ3n) is 4.32. The summed E-state index contributed by atoms with van der Waals surface area (Å²) < 4.78 is 8.04. The molecule has 0 spiro atoms. The lowest BCUT2D eigenvalue weighted by Crippen LogP contribution is -2.33. The van der Waals surface area contributed by atoms with Crippen LogP contribution < -0.4 is 5.32 Å². The van der Waals surface area contributed by atoms with Gasteiger partial charge in [-0.1, -0.05) is 13.8 Å². The van der Waals surface area contributed by atoms with Crippen molar-refractivity contribution >= 4 is 0 Å². The Morgan fingerprint density at radius 1 is 1.48 bits per heavy atom. The van der Waals surface area contributed by atoms with Gasteiger partial charge in [-0.2, -0.15) is 5.10 Å². The molecule has 0 amide bonds. The summed E-state index contributed by atoms with van der Waals surface area (Å²) in [5, 5.41) is 10.7. The maximum atomic E-state index is 6.00. The van der Waals surface area contributed by atoms with Gasteiger partial charge >= 0.3 is 0 Å². The molecule has 3 rings (SSSR count). The topological polar surface area (TPSA) is 80.6 Å². The molecule has 3 heterocycles. The van der Waals surface area contributed by atoms with Gasteiger partial charge in [-0.3, -0.25) is 5.10 Å². The predicted molar refractivity (Wildman–Crippen MR) is 86.8 cm³/mol. The number of ether oxygens (including phenoxy) is 1. The molecule has 7 heteroatoms. The van der Waals surface area contributed by atoms with Crippen LogP contribution in [0.5, 0.6) is 0 Å². The number of imidazole rings is 1. The molecule has 23 heavy (non-hydrogen) atoms. The van der Waals surface area contributed by atoms with Crippen molar-refractivity contribution in [2.24, 2.45) is 13.0 Å². The first kappa shape index (κ1) is 16.1. The number of nitrogens with zero attached hydrogens (tertiary/aromatic N) is 4. The van der Waals surface area contributed by atoms with E-state index in [0.717, 1.165) is 43.5 Å². The van der Waals surface area contributed by atoms with Gasteiger partial charge in [0.05, 0.1) is 6.54 Å². The molecule has 0 bridgehead atoms. The van der Waals surface area contributed by atoms with E-state index < -0.39 is 0 Å². The van der Waals surface area contributed by atoms with Gasteiger partial charge in [0.15, 0.2) is 5.82 Å². The van der Waals surface area contributed by atoms with Crippen LogP contribution in [0.1, 0.15) is 56.2 Å². The van der Waals surface area contributed by atoms with E-state index in [1.165, 1.54) is 0 Å². The summed E-state index contributed by atoms with van der Waals surface area (Å²) in [6.45, 7) is 6.58. The van der Waals surface area contributed by atoms with Gasteiger partial charge in [-0.15, -0.1) is 0 Å². The van der Waals surface area contributed by atoms with Crippen molar-refractivity contribution in [3.05, 3.63) is 29.9 Å². The average Bonchev–Trinajstić information content (AvgIpc) is 3.17. The molecule has 1 aliphatic rings. The maximum absolute atomic E-state index is 6.00. The monoisotopic (exact) mass is 318 g/mol. The smallest absolute Gasteiger partial charge is 0.153 e. The summed E-state index contributed by atoms with van der Waals surface area (Å²) in [4.78, 5) is 8.96. The number of aromatic nitrogens is 5. The fraction of sp³-hybridized carbons (Fsp3) is 0.688. The first-order valence-corrected chi connectivity index (χ1v) is 8.36. The van der Waals surface area contributed by atoms with Crippen LogP contribution in [0, 0.1) is 5.92 Å². The first-order chi connectivity index (χ1) is 11.1. The minimum absolute atomic E-state index is 0.0669. The van der Waals surface area contributed by atoms with Crippen LogP contribution in [0.4, 0.5) is 0 Å². The molecule has 7 nitrogen and oxygen atoms in total. The average molecular weight is 318 g/mol. The Morgan fingerprint density at radius 3 is 3.04 bits per heavy atom. The Kier molecular flexibility index (Phi) is 5.07. The number of rotatable bonds is 6. The molecule has 1 aliphatic heterocycles. The van der Waals surface area contributed by atoms with Gasteiger partial charge in [0.25, 0.3) is 0 Å². The Hall–Kier alpha value is -1.73. The number of aromatic amines is 1. The fourth-order valence-electron chi connectivity index (χ4n) is 3.01. The number of aryl methyl sites for hydroxylation is 1. The SMILES string of the molecule is CC(C)c1n[nH]c(CNC[C@@H]2CCCO[C@H]2c2nccn2C)n1. The Bertz CT molecular complexity index is 620. The molecule has 0 aliphatic carbocycles. The van der Waals surface area contributed by atoms with E-state index in [2.05, 4.69) is 39.3 Å². The Labute approximate surface area is 136 Å². The van der Waals surface area contributed by atoms with Crippen molar-refractivity contribution in [1.82, 2.24) is 30.0 Å². The zero-order valence-corrected chi connectivity index (χ0v) is 14.1. The van der Waals surface area contributed by atoms with Gasteiger partial charge in [0.1, 0.15) is 17.8 Å². The number of hydrogen-bond donors (Lipinski definition) is 2. The van der Waals surface area contributed by atoms with Crippen LogP contribution in [-0.2, 0) is 18.3 Å². The van der Waals surface area contributed by atoms with Crippen molar-refractivity contribution in [2.45, 2.75) is 45.3 Å². The number of nitrogens with one attached hydrogen (secondary N) is 2. The second-order valence-electron chi connectivity index (χ2n) is 6.52. The van der Waals surface area contributed by atoms with Crippen molar-refractivity contribution < 1.29 is 4.74 Å². The number of hydrogen-bond acceptors (Lipinski definition) is 5. The van der Waals surface area contributed by atoms with Gasteiger partial charge in [-0.05, 0) is 12.8 Å². The second kappa shape index (κ2) is 7.23. The zero-order chi connectivity index (χ0) is 16.2. The standard InChI is InChI=1S/C16H26N6O/c1-11(2)15-19-13(20-21-15)10-17-9-12-5-4-8-23-14(12)16-18-6-7-22(16)3/h6-7,11-12,14,17H,4-5,8-10H2,1-3H3,(H,19,20,21)/t12-,14+/m0/s1. The van der Waals surface area contributed by atoms with Crippen molar-refractivity contribution in [3.8, 4) is 0 Å². The van der Waals surface area contributed by atoms with Crippen molar-refractivity contribution in [3.63, 3.8) is 0 Å². The van der Waals surface area contributed by atoms with Crippen LogP contribution in [0.3, 0.4) is 0 Å². The van der Waals surface area contributed by atoms with Crippen LogP contribution in [0.2, 0.25) is 0 Å². The molecule has 2 atom stereocenters. The normalized spacial score (nSPS) is 21.9. The molecular weight excluding hydrogens is 292 g/mol. The molecule has 0 aromatic carbocycles. The lowest BCUT2D eigenvalue weighted by molar-refractivity contribution is -0.0344. The van der Waals surface area contributed by atoms with Gasteiger partial charge in [0.2, 0.25) is 0 Å². The maximum Gasteiger partial charge on any atom is 0.153 e. The van der Waals surface area contributed by atoms with E-state index in [-0.39, 0.29) is 6.10 Å². The van der Waals surface area contributed by atoms with E-state index >= 15 is 0 Å². The quantitative estimate of drug-likeness (QED) is 0.850. The van der Waals surface area contributed by atoms with Crippen LogP contribution >= 0.6 is 0 Å². The summed E-state index contributed by atoms with van der Waals surface area (Å²) in [6.07, 6.45) is 6.13. The summed E-state index contributed by atoms with van der Waals surface area (Å²) >= 11 is 0. The van der Waals surface area contributed by atoms with E-state index in [4.69, 9.17) is 4.74 Å². The molecule has 2 aromatic rings. The summed E-state index contributed by atoms with van der Waals surface area (Å²) in [5.74, 6) is 3.54. The van der Waals surface area contributed by atoms with Crippen molar-refractivity contribution in [1.29, 1.82) is 0 Å². The van der Waals surface area contributed by atoms with Gasteiger partial charge in [-0.25, -0.2) is 9.97 Å². The van der Waals surface area contributed by atoms with E-state index in [0.29, 0.717) is 18.4 Å². The highest BCUT2D eigenvalue weighted by atomic mass is 16.5. The molecular formula is C16H26N6O. The third kappa shape index (κ3) is 3.79. The molecule has 126 valence electrons. The van der Waals surface area contributed by atoms with Crippen molar-refractivity contribution in [2.75, 3.05) is 13.2 Å². The third-order valence-corrected chi connectivity index (χ3v) is 4.32. The highest BCUT2D eigenvalue weighted by molar-refractivity contribution is 5.00. The summed E-state index contributed by atoms with van der Waals surface area (Å²) in [6, 6.07) is 0. The van der Waals surface area contributed by atoms with E-state index in [9.17, 15) is 0 Å². The lowest BCUT2D eigenvalue weighted by atomic mass is 9.93. The van der Waals surface area contributed by atoms with Gasteiger partial charge in [0, 0.05) is 44.4 Å². The molecule has 0 saturated carbocycles. The predicted octanol–water partition coefficient (Wildman–Crippen LogP) is 1.92. The minimum Gasteiger partial charge on any atom is -0.370 e. The zero-order valence-electron chi connectivity index (χ0n) is 14.1. The molecule has 0 radical (unpaired) electrons. The van der Waals surface area contributed by atoms with Gasteiger partial charge < -0.3 is 14.6 Å². The number of H-pyrrole nitrogens is 1. The lowest BCUT2D eigenvalue weighted by Gasteiger charge is -2.31. The van der Waals surface area contributed by atoms with E-state index in [1.807, 2.05) is 24.0 Å². The summed E-state index contributed by atoms with van der Waals surface area (Å²) in [7, 11) is 2.02. The second-order valence-corrected chi connectivity index (χ2v) is 6.52. The largest absolute Gasteiger partial charge is 0.370 e. The van der Waals surface area contributed by atoms with Crippen LogP contribution in [-0.4, -0.2) is 37.9 Å². The summed E-state index contributed by atoms with van der Waals surface area (Å²) in [5.41, 5.74) is 0. The molecule has 0 unspecified atom stereocenters. The molecule has 1 saturated heterocycles. The molecule has 2 aromatic heterocycles. The minimum atomic E-state index is 0.0669. The first-order valence-electron chi connectivity index (χ1n) is 8.36. The van der Waals surface area contributed by atoms with Crippen LogP contribution in [0.15, 0.2) is 12.4 Å². The molecule has 2 N–H and O–H groups in total. The highest BCUT2D eigenvalue weighted by Crippen LogP contribution is 2.32. The Balaban J connectivity index is 1.56.